The molecule has 1 aliphatic heterocycles. The number of benzene rings is 1. The number of ether oxygens (including phenoxy) is 1. The zero-order chi connectivity index (χ0) is 16.9. The fourth-order valence-electron chi connectivity index (χ4n) is 2.32. The number of carbonyl (C=O) groups excluding carboxylic acids is 2. The number of halogens is 1. The molecule has 1 fully saturated rings. The van der Waals surface area contributed by atoms with Gasteiger partial charge in [-0.15, -0.1) is 0 Å². The van der Waals surface area contributed by atoms with Crippen molar-refractivity contribution in [1.82, 2.24) is 9.88 Å². The molecule has 1 aromatic carbocycles. The molecule has 0 atom stereocenters. The van der Waals surface area contributed by atoms with E-state index in [4.69, 9.17) is 4.74 Å². The van der Waals surface area contributed by atoms with Gasteiger partial charge in [-0.3, -0.25) is 14.6 Å². The third-order valence-electron chi connectivity index (χ3n) is 3.72. The molecular weight excluding hydrogens is 313 g/mol. The lowest BCUT2D eigenvalue weighted by molar-refractivity contribution is -0.143. The van der Waals surface area contributed by atoms with E-state index in [0.29, 0.717) is 18.8 Å². The summed E-state index contributed by atoms with van der Waals surface area (Å²) < 4.78 is 18.6. The largest absolute Gasteiger partial charge is 0.481 e. The van der Waals surface area contributed by atoms with Crippen LogP contribution >= 0.6 is 0 Å². The fraction of sp³-hybridized carbons (Fsp3) is 0.235. The molecular formula is C17H16FN3O3. The van der Waals surface area contributed by atoms with Crippen molar-refractivity contribution in [2.75, 3.05) is 25.0 Å². The highest BCUT2D eigenvalue weighted by atomic mass is 19.1. The van der Waals surface area contributed by atoms with Crippen LogP contribution < -0.4 is 10.1 Å². The van der Waals surface area contributed by atoms with Crippen LogP contribution in [-0.4, -0.2) is 41.4 Å². The quantitative estimate of drug-likeness (QED) is 0.906. The SMILES string of the molecule is O=C(Nc1cccnc1)C1CN(C(=O)COc2ccccc2F)C1. The Kier molecular flexibility index (Phi) is 4.69. The molecule has 7 heteroatoms. The summed E-state index contributed by atoms with van der Waals surface area (Å²) >= 11 is 0. The predicted octanol–water partition coefficient (Wildman–Crippen LogP) is 1.70. The number of aromatic nitrogens is 1. The van der Waals surface area contributed by atoms with Crippen molar-refractivity contribution < 1.29 is 18.7 Å². The van der Waals surface area contributed by atoms with Crippen molar-refractivity contribution in [3.8, 4) is 5.75 Å². The summed E-state index contributed by atoms with van der Waals surface area (Å²) in [7, 11) is 0. The molecule has 1 saturated heterocycles. The molecule has 1 aliphatic rings. The van der Waals surface area contributed by atoms with Gasteiger partial charge in [-0.1, -0.05) is 12.1 Å². The van der Waals surface area contributed by atoms with Gasteiger partial charge >= 0.3 is 0 Å². The molecule has 2 aromatic rings. The number of nitrogens with zero attached hydrogens (tertiary/aromatic N) is 2. The number of likely N-dealkylation sites (tertiary alicyclic amines) is 1. The van der Waals surface area contributed by atoms with Gasteiger partial charge in [0.2, 0.25) is 5.91 Å². The van der Waals surface area contributed by atoms with E-state index in [1.54, 1.807) is 36.7 Å². The topological polar surface area (TPSA) is 71.5 Å². The van der Waals surface area contributed by atoms with Crippen molar-refractivity contribution in [2.45, 2.75) is 0 Å². The van der Waals surface area contributed by atoms with Crippen LogP contribution in [0.3, 0.4) is 0 Å². The minimum atomic E-state index is -0.511. The first-order valence-corrected chi connectivity index (χ1v) is 7.49. The summed E-state index contributed by atoms with van der Waals surface area (Å²) in [5.74, 6) is -1.16. The number of anilines is 1. The molecule has 0 radical (unpaired) electrons. The molecule has 24 heavy (non-hydrogen) atoms. The summed E-state index contributed by atoms with van der Waals surface area (Å²) in [6, 6.07) is 9.38. The molecule has 0 aliphatic carbocycles. The fourth-order valence-corrected chi connectivity index (χ4v) is 2.32. The van der Waals surface area contributed by atoms with Gasteiger partial charge in [0.05, 0.1) is 17.8 Å². The highest BCUT2D eigenvalue weighted by Gasteiger charge is 2.35. The maximum Gasteiger partial charge on any atom is 0.260 e. The van der Waals surface area contributed by atoms with E-state index in [1.165, 1.54) is 17.0 Å². The number of amides is 2. The lowest BCUT2D eigenvalue weighted by Gasteiger charge is -2.38. The van der Waals surface area contributed by atoms with Gasteiger partial charge < -0.3 is 15.0 Å². The highest BCUT2D eigenvalue weighted by molar-refractivity contribution is 5.94. The molecule has 0 bridgehead atoms. The van der Waals surface area contributed by atoms with Crippen LogP contribution in [0.4, 0.5) is 10.1 Å². The Bertz CT molecular complexity index is 733. The summed E-state index contributed by atoms with van der Waals surface area (Å²) in [6.07, 6.45) is 3.18. The molecule has 124 valence electrons. The van der Waals surface area contributed by atoms with Crippen LogP contribution in [0.15, 0.2) is 48.8 Å². The minimum Gasteiger partial charge on any atom is -0.481 e. The van der Waals surface area contributed by atoms with Gasteiger partial charge in [-0.2, -0.15) is 0 Å². The standard InChI is InChI=1S/C17H16FN3O3/c18-14-5-1-2-6-15(14)24-11-16(22)21-9-12(10-21)17(23)20-13-4-3-7-19-8-13/h1-8,12H,9-11H2,(H,20,23). The van der Waals surface area contributed by atoms with E-state index in [9.17, 15) is 14.0 Å². The lowest BCUT2D eigenvalue weighted by atomic mass is 9.99. The van der Waals surface area contributed by atoms with Crippen LogP contribution in [0.2, 0.25) is 0 Å². The number of pyridine rings is 1. The second-order valence-electron chi connectivity index (χ2n) is 5.45. The molecule has 2 amide bonds. The first-order valence-electron chi connectivity index (χ1n) is 7.49. The molecule has 1 aromatic heterocycles. The summed E-state index contributed by atoms with van der Waals surface area (Å²) in [4.78, 5) is 29.4. The van der Waals surface area contributed by atoms with Crippen LogP contribution in [0.5, 0.6) is 5.75 Å². The maximum atomic E-state index is 13.4. The van der Waals surface area contributed by atoms with Crippen molar-refractivity contribution in [2.24, 2.45) is 5.92 Å². The van der Waals surface area contributed by atoms with E-state index in [0.717, 1.165) is 0 Å². The Labute approximate surface area is 138 Å². The first-order chi connectivity index (χ1) is 11.6. The molecule has 0 spiro atoms. The van der Waals surface area contributed by atoms with Gasteiger partial charge in [0, 0.05) is 19.3 Å². The smallest absolute Gasteiger partial charge is 0.260 e. The van der Waals surface area contributed by atoms with E-state index >= 15 is 0 Å². The molecule has 6 nitrogen and oxygen atoms in total. The molecule has 1 N–H and O–H groups in total. The van der Waals surface area contributed by atoms with Gasteiger partial charge in [0.15, 0.2) is 18.2 Å². The minimum absolute atomic E-state index is 0.0391. The number of carbonyl (C=O) groups is 2. The van der Waals surface area contributed by atoms with Crippen molar-refractivity contribution in [1.29, 1.82) is 0 Å². The number of nitrogens with one attached hydrogen (secondary N) is 1. The second kappa shape index (κ2) is 7.08. The predicted molar refractivity (Wildman–Crippen MR) is 84.8 cm³/mol. The van der Waals surface area contributed by atoms with Gasteiger partial charge in [0.25, 0.3) is 5.91 Å². The zero-order valence-electron chi connectivity index (χ0n) is 12.8. The third-order valence-corrected chi connectivity index (χ3v) is 3.72. The Balaban J connectivity index is 1.43. The molecule has 2 heterocycles. The maximum absolute atomic E-state index is 13.4. The Morgan fingerprint density at radius 2 is 2.04 bits per heavy atom. The lowest BCUT2D eigenvalue weighted by Crippen LogP contribution is -2.55. The van der Waals surface area contributed by atoms with E-state index in [1.807, 2.05) is 0 Å². The van der Waals surface area contributed by atoms with Crippen molar-refractivity contribution in [3.05, 3.63) is 54.6 Å². The van der Waals surface area contributed by atoms with Crippen LogP contribution in [0.1, 0.15) is 0 Å². The van der Waals surface area contributed by atoms with E-state index in [2.05, 4.69) is 10.3 Å². The number of rotatable bonds is 5. The van der Waals surface area contributed by atoms with Crippen LogP contribution in [0.25, 0.3) is 0 Å². The van der Waals surface area contributed by atoms with E-state index < -0.39 is 5.82 Å². The normalized spacial score (nSPS) is 14.0. The molecule has 0 saturated carbocycles. The number of hydrogen-bond donors (Lipinski definition) is 1. The zero-order valence-corrected chi connectivity index (χ0v) is 12.8. The Hall–Kier alpha value is -2.96. The van der Waals surface area contributed by atoms with E-state index in [-0.39, 0.29) is 30.1 Å². The van der Waals surface area contributed by atoms with Crippen molar-refractivity contribution in [3.63, 3.8) is 0 Å². The van der Waals surface area contributed by atoms with Crippen molar-refractivity contribution >= 4 is 17.5 Å². The third kappa shape index (κ3) is 3.68. The summed E-state index contributed by atoms with van der Waals surface area (Å²) in [5.41, 5.74) is 0.621. The molecule has 3 rings (SSSR count). The average molecular weight is 329 g/mol. The highest BCUT2D eigenvalue weighted by Crippen LogP contribution is 2.19. The second-order valence-corrected chi connectivity index (χ2v) is 5.45. The average Bonchev–Trinajstić information content (AvgIpc) is 2.53. The summed E-state index contributed by atoms with van der Waals surface area (Å²) in [5, 5.41) is 2.75. The van der Waals surface area contributed by atoms with Gasteiger partial charge in [0.1, 0.15) is 0 Å². The monoisotopic (exact) mass is 329 g/mol. The molecule has 0 unspecified atom stereocenters. The van der Waals surface area contributed by atoms with Gasteiger partial charge in [-0.25, -0.2) is 4.39 Å². The number of hydrogen-bond acceptors (Lipinski definition) is 4. The Morgan fingerprint density at radius 3 is 2.75 bits per heavy atom. The van der Waals surface area contributed by atoms with Crippen LogP contribution in [-0.2, 0) is 9.59 Å². The first kappa shape index (κ1) is 15.9. The Morgan fingerprint density at radius 1 is 1.25 bits per heavy atom. The van der Waals surface area contributed by atoms with Gasteiger partial charge in [-0.05, 0) is 24.3 Å². The summed E-state index contributed by atoms with van der Waals surface area (Å²) in [6.45, 7) is 0.398. The van der Waals surface area contributed by atoms with Crippen LogP contribution in [0, 0.1) is 11.7 Å². The number of para-hydroxylation sites is 1.